The van der Waals surface area contributed by atoms with Crippen molar-refractivity contribution in [3.63, 3.8) is 0 Å². The van der Waals surface area contributed by atoms with Crippen LogP contribution in [0.5, 0.6) is 0 Å². The summed E-state index contributed by atoms with van der Waals surface area (Å²) in [6.45, 7) is 3.46. The van der Waals surface area contributed by atoms with Crippen LogP contribution in [0.4, 0.5) is 16.2 Å². The minimum absolute atomic E-state index is 0.175. The molecule has 0 bridgehead atoms. The monoisotopic (exact) mass is 473 g/mol. The molecule has 0 aliphatic carbocycles. The molecule has 2 unspecified atom stereocenters. The molecule has 9 nitrogen and oxygen atoms in total. The van der Waals surface area contributed by atoms with Crippen molar-refractivity contribution in [3.8, 4) is 0 Å². The second-order valence-corrected chi connectivity index (χ2v) is 8.13. The molecule has 3 aromatic heterocycles. The standard InChI is InChI=1S/C20H20BrN5O4/c1-11-6-12(8-23-7-11)26(20(28)29)16-4-5-22-9-15(16)25-19(27)14-2-3-17-18(24-14)13(21)10-30-17/h2-5,9-12,23H,6-8H2,1H3,(H,25,27)(H,28,29). The molecule has 1 aliphatic heterocycles. The number of carboxylic acid groups (broad SMARTS) is 1. The summed E-state index contributed by atoms with van der Waals surface area (Å²) in [5, 5.41) is 15.9. The topological polar surface area (TPSA) is 121 Å². The molecule has 2 amide bonds. The summed E-state index contributed by atoms with van der Waals surface area (Å²) in [5.41, 5.74) is 1.93. The molecule has 1 aliphatic rings. The summed E-state index contributed by atoms with van der Waals surface area (Å²) in [5.74, 6) is -0.130. The van der Waals surface area contributed by atoms with Gasteiger partial charge in [-0.3, -0.25) is 14.7 Å². The van der Waals surface area contributed by atoms with Crippen LogP contribution >= 0.6 is 15.9 Å². The van der Waals surface area contributed by atoms with Crippen molar-refractivity contribution < 1.29 is 19.1 Å². The predicted molar refractivity (Wildman–Crippen MR) is 115 cm³/mol. The van der Waals surface area contributed by atoms with Gasteiger partial charge in [0.15, 0.2) is 5.58 Å². The molecular weight excluding hydrogens is 454 g/mol. The Bertz CT molecular complexity index is 1100. The van der Waals surface area contributed by atoms with E-state index < -0.39 is 12.0 Å². The Kier molecular flexibility index (Phi) is 5.69. The lowest BCUT2D eigenvalue weighted by Crippen LogP contribution is -2.51. The van der Waals surface area contributed by atoms with Gasteiger partial charge in [0.05, 0.1) is 28.1 Å². The Hall–Kier alpha value is -2.98. The van der Waals surface area contributed by atoms with E-state index in [1.165, 1.54) is 23.6 Å². The van der Waals surface area contributed by atoms with Crippen LogP contribution in [0.1, 0.15) is 23.8 Å². The molecule has 3 aromatic rings. The molecule has 30 heavy (non-hydrogen) atoms. The molecule has 1 fully saturated rings. The lowest BCUT2D eigenvalue weighted by Gasteiger charge is -2.36. The van der Waals surface area contributed by atoms with Gasteiger partial charge < -0.3 is 20.2 Å². The molecular formula is C20H20BrN5O4. The molecule has 0 aromatic carbocycles. The van der Waals surface area contributed by atoms with Crippen LogP contribution in [-0.4, -0.2) is 46.2 Å². The Morgan fingerprint density at radius 3 is 2.93 bits per heavy atom. The van der Waals surface area contributed by atoms with Crippen molar-refractivity contribution in [1.82, 2.24) is 15.3 Å². The van der Waals surface area contributed by atoms with Crippen molar-refractivity contribution in [3.05, 3.63) is 47.0 Å². The Labute approximate surface area is 180 Å². The number of halogens is 1. The minimum atomic E-state index is -1.08. The number of anilines is 2. The summed E-state index contributed by atoms with van der Waals surface area (Å²) < 4.78 is 5.97. The average Bonchev–Trinajstić information content (AvgIpc) is 3.09. The van der Waals surface area contributed by atoms with Crippen molar-refractivity contribution in [2.45, 2.75) is 19.4 Å². The van der Waals surface area contributed by atoms with Crippen molar-refractivity contribution in [2.75, 3.05) is 23.3 Å². The fraction of sp³-hybridized carbons (Fsp3) is 0.300. The lowest BCUT2D eigenvalue weighted by atomic mass is 9.96. The highest BCUT2D eigenvalue weighted by Gasteiger charge is 2.31. The maximum Gasteiger partial charge on any atom is 0.412 e. The highest BCUT2D eigenvalue weighted by molar-refractivity contribution is 9.10. The number of hydrogen-bond donors (Lipinski definition) is 3. The third-order valence-electron chi connectivity index (χ3n) is 5.03. The molecule has 2 atom stereocenters. The zero-order chi connectivity index (χ0) is 21.3. The van der Waals surface area contributed by atoms with Gasteiger partial charge in [-0.25, -0.2) is 9.78 Å². The highest BCUT2D eigenvalue weighted by Crippen LogP contribution is 2.30. The minimum Gasteiger partial charge on any atom is -0.465 e. The summed E-state index contributed by atoms with van der Waals surface area (Å²) in [4.78, 5) is 34.6. The van der Waals surface area contributed by atoms with Gasteiger partial charge in [-0.1, -0.05) is 6.92 Å². The average molecular weight is 474 g/mol. The van der Waals surface area contributed by atoms with E-state index in [9.17, 15) is 14.7 Å². The first-order valence-corrected chi connectivity index (χ1v) is 10.3. The van der Waals surface area contributed by atoms with E-state index in [0.717, 1.165) is 13.0 Å². The number of pyridine rings is 2. The number of aromatic nitrogens is 2. The zero-order valence-corrected chi connectivity index (χ0v) is 17.7. The van der Waals surface area contributed by atoms with Crippen LogP contribution in [0.3, 0.4) is 0 Å². The highest BCUT2D eigenvalue weighted by atomic mass is 79.9. The smallest absolute Gasteiger partial charge is 0.412 e. The summed E-state index contributed by atoms with van der Waals surface area (Å²) in [6.07, 6.45) is 4.09. The number of rotatable bonds is 4. The number of amides is 2. The molecule has 156 valence electrons. The number of carbonyl (C=O) groups is 2. The fourth-order valence-corrected chi connectivity index (χ4v) is 4.05. The van der Waals surface area contributed by atoms with Crippen LogP contribution < -0.4 is 15.5 Å². The Morgan fingerprint density at radius 2 is 2.17 bits per heavy atom. The van der Waals surface area contributed by atoms with Crippen LogP contribution in [0, 0.1) is 5.92 Å². The van der Waals surface area contributed by atoms with Gasteiger partial charge in [-0.2, -0.15) is 0 Å². The number of hydrogen-bond acceptors (Lipinski definition) is 6. The molecule has 1 saturated heterocycles. The first-order chi connectivity index (χ1) is 14.4. The number of piperidine rings is 1. The van der Waals surface area contributed by atoms with Crippen LogP contribution in [0.15, 0.2) is 45.7 Å². The molecule has 0 spiro atoms. The van der Waals surface area contributed by atoms with Gasteiger partial charge in [-0.15, -0.1) is 0 Å². The van der Waals surface area contributed by atoms with Crippen molar-refractivity contribution >= 4 is 50.4 Å². The molecule has 0 radical (unpaired) electrons. The van der Waals surface area contributed by atoms with Gasteiger partial charge in [0.2, 0.25) is 0 Å². The maximum absolute atomic E-state index is 12.8. The third-order valence-corrected chi connectivity index (χ3v) is 5.59. The van der Waals surface area contributed by atoms with E-state index in [1.54, 1.807) is 18.2 Å². The number of furan rings is 1. The Morgan fingerprint density at radius 1 is 1.33 bits per heavy atom. The van der Waals surface area contributed by atoms with Crippen molar-refractivity contribution in [1.29, 1.82) is 0 Å². The van der Waals surface area contributed by atoms with Gasteiger partial charge in [0.25, 0.3) is 5.91 Å². The summed E-state index contributed by atoms with van der Waals surface area (Å²) in [6, 6.07) is 4.54. The largest absolute Gasteiger partial charge is 0.465 e. The van der Waals surface area contributed by atoms with Crippen LogP contribution in [0.25, 0.3) is 11.1 Å². The number of carbonyl (C=O) groups excluding carboxylic acids is 1. The first kappa shape index (κ1) is 20.3. The molecule has 4 rings (SSSR count). The third kappa shape index (κ3) is 4.01. The van der Waals surface area contributed by atoms with E-state index in [2.05, 4.69) is 43.5 Å². The van der Waals surface area contributed by atoms with Crippen LogP contribution in [-0.2, 0) is 0 Å². The molecule has 10 heteroatoms. The zero-order valence-electron chi connectivity index (χ0n) is 16.1. The second kappa shape index (κ2) is 8.41. The van der Waals surface area contributed by atoms with Gasteiger partial charge in [0.1, 0.15) is 17.5 Å². The SMILES string of the molecule is CC1CNCC(N(C(=O)O)c2ccncc2NC(=O)c2ccc3occ(Br)c3n2)C1. The quantitative estimate of drug-likeness (QED) is 0.527. The summed E-state index contributed by atoms with van der Waals surface area (Å²) in [7, 11) is 0. The van der Waals surface area contributed by atoms with Gasteiger partial charge in [-0.05, 0) is 53.0 Å². The second-order valence-electron chi connectivity index (χ2n) is 7.28. The molecule has 3 N–H and O–H groups in total. The summed E-state index contributed by atoms with van der Waals surface area (Å²) >= 11 is 3.34. The van der Waals surface area contributed by atoms with E-state index >= 15 is 0 Å². The molecule has 0 saturated carbocycles. The van der Waals surface area contributed by atoms with Gasteiger partial charge in [0, 0.05) is 12.7 Å². The molecule has 4 heterocycles. The van der Waals surface area contributed by atoms with Crippen molar-refractivity contribution in [2.24, 2.45) is 5.92 Å². The maximum atomic E-state index is 12.8. The van der Waals surface area contributed by atoms with E-state index in [0.29, 0.717) is 39.4 Å². The first-order valence-electron chi connectivity index (χ1n) is 9.46. The van der Waals surface area contributed by atoms with Crippen LogP contribution in [0.2, 0.25) is 0 Å². The van der Waals surface area contributed by atoms with Gasteiger partial charge >= 0.3 is 6.09 Å². The van der Waals surface area contributed by atoms with E-state index in [1.807, 2.05) is 0 Å². The lowest BCUT2D eigenvalue weighted by molar-refractivity contribution is 0.102. The van der Waals surface area contributed by atoms with E-state index in [-0.39, 0.29) is 11.7 Å². The normalized spacial score (nSPS) is 18.9. The predicted octanol–water partition coefficient (Wildman–Crippen LogP) is 3.72. The fourth-order valence-electron chi connectivity index (χ4n) is 3.67. The number of nitrogens with zero attached hydrogens (tertiary/aromatic N) is 3. The van der Waals surface area contributed by atoms with E-state index in [4.69, 9.17) is 4.42 Å². The number of fused-ring (bicyclic) bond motifs is 1. The Balaban J connectivity index is 1.63. The number of nitrogens with one attached hydrogen (secondary N) is 2.